The van der Waals surface area contributed by atoms with Gasteiger partial charge in [0, 0.05) is 11.6 Å². The van der Waals surface area contributed by atoms with E-state index in [4.69, 9.17) is 11.6 Å². The highest BCUT2D eigenvalue weighted by Gasteiger charge is 2.20. The average molecular weight is 427 g/mol. The van der Waals surface area contributed by atoms with Crippen molar-refractivity contribution in [2.45, 2.75) is 17.9 Å². The van der Waals surface area contributed by atoms with Crippen LogP contribution in [-0.2, 0) is 10.0 Å². The van der Waals surface area contributed by atoms with Crippen molar-refractivity contribution in [2.75, 3.05) is 0 Å². The Morgan fingerprint density at radius 3 is 2.32 bits per heavy atom. The van der Waals surface area contributed by atoms with Crippen LogP contribution in [0, 0.1) is 17.5 Å². The summed E-state index contributed by atoms with van der Waals surface area (Å²) >= 11 is 5.99. The van der Waals surface area contributed by atoms with Crippen molar-refractivity contribution in [3.63, 3.8) is 0 Å². The lowest BCUT2D eigenvalue weighted by molar-refractivity contribution is 0.503. The molecule has 1 atom stereocenters. The number of halogens is 4. The summed E-state index contributed by atoms with van der Waals surface area (Å²) < 4.78 is 66.9. The maximum Gasteiger partial charge on any atom is 0.241 e. The quantitative estimate of drug-likeness (QED) is 0.593. The van der Waals surface area contributed by atoms with Gasteiger partial charge < -0.3 is 0 Å². The van der Waals surface area contributed by atoms with Crippen LogP contribution >= 0.6 is 11.6 Å². The topological polar surface area (TPSA) is 59.1 Å². The molecule has 0 aliphatic carbocycles. The summed E-state index contributed by atoms with van der Waals surface area (Å²) in [7, 11) is -4.06. The summed E-state index contributed by atoms with van der Waals surface area (Å²) in [6.45, 7) is 1.60. The predicted octanol–water partition coefficient (Wildman–Crippen LogP) is 4.86. The average Bonchev–Trinajstić information content (AvgIpc) is 2.65. The number of hydrogen-bond donors (Lipinski definition) is 1. The molecule has 0 radical (unpaired) electrons. The number of sulfonamides is 1. The largest absolute Gasteiger partial charge is 0.241 e. The van der Waals surface area contributed by atoms with Gasteiger partial charge in [-0.3, -0.25) is 0 Å². The van der Waals surface area contributed by atoms with E-state index >= 15 is 0 Å². The molecule has 4 nitrogen and oxygen atoms in total. The van der Waals surface area contributed by atoms with Crippen LogP contribution in [0.2, 0.25) is 5.15 Å². The third-order valence-corrected chi connectivity index (χ3v) is 5.90. The molecule has 1 N–H and O–H groups in total. The van der Waals surface area contributed by atoms with Crippen LogP contribution in [0.15, 0.2) is 59.6 Å². The zero-order valence-corrected chi connectivity index (χ0v) is 16.0. The molecule has 0 amide bonds. The highest BCUT2D eigenvalue weighted by atomic mass is 35.5. The van der Waals surface area contributed by atoms with Crippen molar-refractivity contribution in [2.24, 2.45) is 0 Å². The molecule has 1 heterocycles. The van der Waals surface area contributed by atoms with Crippen LogP contribution < -0.4 is 4.72 Å². The van der Waals surface area contributed by atoms with Crippen molar-refractivity contribution in [3.05, 3.63) is 82.9 Å². The molecule has 1 aromatic heterocycles. The normalized spacial score (nSPS) is 12.8. The number of pyridine rings is 1. The second-order valence-electron chi connectivity index (χ2n) is 6.03. The fourth-order valence-electron chi connectivity index (χ4n) is 2.59. The summed E-state index contributed by atoms with van der Waals surface area (Å²) in [6, 6.07) is 9.54. The maximum absolute atomic E-state index is 13.4. The van der Waals surface area contributed by atoms with E-state index in [1.54, 1.807) is 31.2 Å². The number of hydrogen-bond acceptors (Lipinski definition) is 3. The molecular weight excluding hydrogens is 413 g/mol. The first-order valence-electron chi connectivity index (χ1n) is 8.06. The van der Waals surface area contributed by atoms with Crippen molar-refractivity contribution in [1.29, 1.82) is 0 Å². The summed E-state index contributed by atoms with van der Waals surface area (Å²) in [6.07, 6.45) is 1.01. The Labute approximate surface area is 165 Å². The van der Waals surface area contributed by atoms with E-state index in [1.165, 1.54) is 6.07 Å². The van der Waals surface area contributed by atoms with E-state index in [0.717, 1.165) is 18.3 Å². The van der Waals surface area contributed by atoms with Crippen molar-refractivity contribution >= 4 is 21.6 Å². The molecule has 0 spiro atoms. The second kappa shape index (κ2) is 7.90. The van der Waals surface area contributed by atoms with Gasteiger partial charge in [-0.2, -0.15) is 0 Å². The van der Waals surface area contributed by atoms with Gasteiger partial charge in [0.05, 0.1) is 11.1 Å². The van der Waals surface area contributed by atoms with Crippen LogP contribution in [0.25, 0.3) is 11.1 Å². The van der Waals surface area contributed by atoms with Gasteiger partial charge in [-0.15, -0.1) is 0 Å². The van der Waals surface area contributed by atoms with Gasteiger partial charge in [-0.1, -0.05) is 35.9 Å². The van der Waals surface area contributed by atoms with Crippen molar-refractivity contribution in [1.82, 2.24) is 9.71 Å². The summed E-state index contributed by atoms with van der Waals surface area (Å²) in [4.78, 5) is 3.37. The Morgan fingerprint density at radius 2 is 1.68 bits per heavy atom. The highest BCUT2D eigenvalue weighted by Crippen LogP contribution is 2.28. The Morgan fingerprint density at radius 1 is 1.00 bits per heavy atom. The number of aromatic nitrogens is 1. The third-order valence-electron chi connectivity index (χ3n) is 4.06. The smallest absolute Gasteiger partial charge is 0.241 e. The van der Waals surface area contributed by atoms with Gasteiger partial charge in [0.25, 0.3) is 0 Å². The molecule has 0 saturated carbocycles. The van der Waals surface area contributed by atoms with Crippen LogP contribution in [0.5, 0.6) is 0 Å². The van der Waals surface area contributed by atoms with Gasteiger partial charge in [0.15, 0.2) is 11.6 Å². The number of benzene rings is 2. The molecule has 146 valence electrons. The van der Waals surface area contributed by atoms with E-state index in [-0.39, 0.29) is 10.0 Å². The summed E-state index contributed by atoms with van der Waals surface area (Å²) in [5.74, 6) is -2.91. The summed E-state index contributed by atoms with van der Waals surface area (Å²) in [5.41, 5.74) is 1.62. The monoisotopic (exact) mass is 426 g/mol. The number of rotatable bonds is 5. The standard InChI is InChI=1S/C19H14ClF3N2O2S/c1-11(25-28(26,27)15-6-7-17(22)18(23)9-15)12-2-4-13(5-3-12)16-8-14(21)10-24-19(16)20/h2-11,25H,1H3. The van der Waals surface area contributed by atoms with Gasteiger partial charge in [-0.25, -0.2) is 31.3 Å². The SMILES string of the molecule is CC(NS(=O)(=O)c1ccc(F)c(F)c1)c1ccc(-c2cc(F)cnc2Cl)cc1. The Bertz CT molecular complexity index is 1120. The van der Waals surface area contributed by atoms with Gasteiger partial charge >= 0.3 is 0 Å². The number of nitrogens with zero attached hydrogens (tertiary/aromatic N) is 1. The lowest BCUT2D eigenvalue weighted by atomic mass is 10.0. The molecule has 3 rings (SSSR count). The third kappa shape index (κ3) is 4.35. The zero-order valence-electron chi connectivity index (χ0n) is 14.5. The number of nitrogens with one attached hydrogen (secondary N) is 1. The minimum absolute atomic E-state index is 0.140. The Hall–Kier alpha value is -2.42. The van der Waals surface area contributed by atoms with E-state index in [2.05, 4.69) is 9.71 Å². The van der Waals surface area contributed by atoms with E-state index in [0.29, 0.717) is 22.8 Å². The highest BCUT2D eigenvalue weighted by molar-refractivity contribution is 7.89. The van der Waals surface area contributed by atoms with E-state index in [1.807, 2.05) is 0 Å². The molecule has 0 saturated heterocycles. The lowest BCUT2D eigenvalue weighted by Gasteiger charge is -2.15. The van der Waals surface area contributed by atoms with E-state index < -0.39 is 33.5 Å². The fourth-order valence-corrected chi connectivity index (χ4v) is 4.05. The maximum atomic E-state index is 13.4. The van der Waals surface area contributed by atoms with Gasteiger partial charge in [0.1, 0.15) is 11.0 Å². The van der Waals surface area contributed by atoms with Crippen LogP contribution in [0.4, 0.5) is 13.2 Å². The molecule has 0 aliphatic rings. The van der Waals surface area contributed by atoms with Crippen molar-refractivity contribution < 1.29 is 21.6 Å². The zero-order chi connectivity index (χ0) is 20.5. The van der Waals surface area contributed by atoms with Crippen LogP contribution in [-0.4, -0.2) is 13.4 Å². The minimum Gasteiger partial charge on any atom is -0.241 e. The van der Waals surface area contributed by atoms with E-state index in [9.17, 15) is 21.6 Å². The molecule has 3 aromatic rings. The molecular formula is C19H14ClF3N2O2S. The molecule has 2 aromatic carbocycles. The fraction of sp³-hybridized carbons (Fsp3) is 0.105. The van der Waals surface area contributed by atoms with Gasteiger partial charge in [-0.05, 0) is 42.3 Å². The predicted molar refractivity (Wildman–Crippen MR) is 99.7 cm³/mol. The Balaban J connectivity index is 1.82. The second-order valence-corrected chi connectivity index (χ2v) is 8.10. The summed E-state index contributed by atoms with van der Waals surface area (Å²) in [5, 5.41) is 0.140. The lowest BCUT2D eigenvalue weighted by Crippen LogP contribution is -2.27. The van der Waals surface area contributed by atoms with Crippen LogP contribution in [0.3, 0.4) is 0 Å². The molecule has 0 bridgehead atoms. The van der Waals surface area contributed by atoms with Crippen molar-refractivity contribution in [3.8, 4) is 11.1 Å². The minimum atomic E-state index is -4.06. The first-order valence-corrected chi connectivity index (χ1v) is 9.92. The molecule has 0 aliphatic heterocycles. The molecule has 0 fully saturated rings. The van der Waals surface area contributed by atoms with Gasteiger partial charge in [0.2, 0.25) is 10.0 Å². The Kier molecular flexibility index (Phi) is 5.74. The molecule has 28 heavy (non-hydrogen) atoms. The first kappa shape index (κ1) is 20.3. The first-order chi connectivity index (χ1) is 13.2. The van der Waals surface area contributed by atoms with Crippen LogP contribution in [0.1, 0.15) is 18.5 Å². The molecule has 9 heteroatoms. The molecule has 1 unspecified atom stereocenters.